The van der Waals surface area contributed by atoms with Crippen LogP contribution in [0.25, 0.3) is 0 Å². The van der Waals surface area contributed by atoms with E-state index in [1.807, 2.05) is 0 Å². The van der Waals surface area contributed by atoms with Crippen LogP contribution in [0.15, 0.2) is 35.5 Å². The molecule has 1 aromatic heterocycles. The maximum Gasteiger partial charge on any atom is 0.313 e. The average molecular weight is 496 g/mol. The first kappa shape index (κ1) is 23.9. The van der Waals surface area contributed by atoms with E-state index in [2.05, 4.69) is 10.3 Å². The van der Waals surface area contributed by atoms with Gasteiger partial charge in [-0.1, -0.05) is 43.0 Å². The monoisotopic (exact) mass is 495 g/mol. The lowest BCUT2D eigenvalue weighted by atomic mass is 9.89. The molecule has 1 aromatic carbocycles. The normalized spacial score (nSPS) is 18.3. The van der Waals surface area contributed by atoms with Crippen LogP contribution < -0.4 is 5.32 Å². The molecule has 2 aromatic rings. The van der Waals surface area contributed by atoms with E-state index < -0.39 is 15.1 Å². The number of anilines is 1. The topological polar surface area (TPSA) is 99.6 Å². The van der Waals surface area contributed by atoms with Gasteiger partial charge in [0.15, 0.2) is 0 Å². The number of aromatic nitrogens is 1. The summed E-state index contributed by atoms with van der Waals surface area (Å²) in [7, 11) is -4.64. The Morgan fingerprint density at radius 1 is 1.09 bits per heavy atom. The quantitative estimate of drug-likeness (QED) is 0.573. The van der Waals surface area contributed by atoms with Gasteiger partial charge >= 0.3 is 10.1 Å². The van der Waals surface area contributed by atoms with Crippen LogP contribution in [-0.2, 0) is 10.1 Å². The van der Waals surface area contributed by atoms with E-state index in [1.54, 1.807) is 17.0 Å². The predicted molar refractivity (Wildman–Crippen MR) is 124 cm³/mol. The molecule has 10 heteroatoms. The Morgan fingerprint density at radius 3 is 2.33 bits per heavy atom. The molecule has 1 aliphatic heterocycles. The average Bonchev–Trinajstić information content (AvgIpc) is 2.80. The zero-order valence-corrected chi connectivity index (χ0v) is 19.7. The van der Waals surface area contributed by atoms with Crippen LogP contribution in [0.3, 0.4) is 0 Å². The van der Waals surface area contributed by atoms with E-state index in [0.29, 0.717) is 13.1 Å². The minimum absolute atomic E-state index is 0.0589. The summed E-state index contributed by atoms with van der Waals surface area (Å²) in [6.45, 7) is 1.00. The molecular weight excluding hydrogens is 469 g/mol. The second-order valence-corrected chi connectivity index (χ2v) is 10.5. The van der Waals surface area contributed by atoms with Gasteiger partial charge in [-0.25, -0.2) is 9.37 Å². The fraction of sp³-hybridized carbons (Fsp3) is 0.478. The molecule has 0 radical (unpaired) electrons. The molecule has 1 saturated heterocycles. The number of nitrogens with one attached hydrogen (secondary N) is 1. The first-order valence-corrected chi connectivity index (χ1v) is 13.0. The first-order valence-electron chi connectivity index (χ1n) is 11.2. The first-order chi connectivity index (χ1) is 15.7. The SMILES string of the molecule is O=C(c1cnc(S(=O)(=O)O)c(Cl)c1NC1CCCCC1)N1CCC(c2ccc(F)cc2)CC1. The van der Waals surface area contributed by atoms with Gasteiger partial charge < -0.3 is 10.2 Å². The number of pyridine rings is 1. The van der Waals surface area contributed by atoms with Crippen molar-refractivity contribution in [3.05, 3.63) is 52.4 Å². The molecule has 1 saturated carbocycles. The Morgan fingerprint density at radius 2 is 1.73 bits per heavy atom. The van der Waals surface area contributed by atoms with E-state index in [0.717, 1.165) is 50.5 Å². The van der Waals surface area contributed by atoms with E-state index in [9.17, 15) is 22.2 Å². The Balaban J connectivity index is 1.56. The van der Waals surface area contributed by atoms with Gasteiger partial charge in [0.2, 0.25) is 5.03 Å². The van der Waals surface area contributed by atoms with Crippen molar-refractivity contribution in [2.75, 3.05) is 18.4 Å². The van der Waals surface area contributed by atoms with Crippen molar-refractivity contribution in [1.82, 2.24) is 9.88 Å². The number of benzene rings is 1. The van der Waals surface area contributed by atoms with Gasteiger partial charge in [0.05, 0.1) is 11.3 Å². The lowest BCUT2D eigenvalue weighted by Crippen LogP contribution is -2.38. The van der Waals surface area contributed by atoms with Gasteiger partial charge in [0.1, 0.15) is 10.8 Å². The second kappa shape index (κ2) is 9.95. The number of halogens is 2. The third-order valence-electron chi connectivity index (χ3n) is 6.54. The van der Waals surface area contributed by atoms with Crippen LogP contribution in [-0.4, -0.2) is 47.9 Å². The molecule has 33 heavy (non-hydrogen) atoms. The lowest BCUT2D eigenvalue weighted by molar-refractivity contribution is 0.0713. The molecule has 178 valence electrons. The number of nitrogens with zero attached hydrogens (tertiary/aromatic N) is 2. The molecular formula is C23H27ClFN3O4S. The number of hydrogen-bond donors (Lipinski definition) is 2. The molecule has 0 spiro atoms. The molecule has 0 unspecified atom stereocenters. The summed E-state index contributed by atoms with van der Waals surface area (Å²) in [4.78, 5) is 18.9. The van der Waals surface area contributed by atoms with Crippen LogP contribution in [0.4, 0.5) is 10.1 Å². The van der Waals surface area contributed by atoms with Crippen molar-refractivity contribution < 1.29 is 22.2 Å². The van der Waals surface area contributed by atoms with Crippen molar-refractivity contribution in [3.63, 3.8) is 0 Å². The Kier molecular flexibility index (Phi) is 7.21. The molecule has 2 N–H and O–H groups in total. The summed E-state index contributed by atoms with van der Waals surface area (Å²) >= 11 is 6.35. The third kappa shape index (κ3) is 5.47. The highest BCUT2D eigenvalue weighted by Crippen LogP contribution is 2.35. The second-order valence-electron chi connectivity index (χ2n) is 8.74. The van der Waals surface area contributed by atoms with Crippen molar-refractivity contribution in [2.45, 2.75) is 61.9 Å². The molecule has 2 heterocycles. The number of carbonyl (C=O) groups excluding carboxylic acids is 1. The molecule has 7 nitrogen and oxygen atoms in total. The van der Waals surface area contributed by atoms with Gasteiger partial charge in [-0.3, -0.25) is 9.35 Å². The molecule has 1 amide bonds. The summed E-state index contributed by atoms with van der Waals surface area (Å²) in [6, 6.07) is 6.51. The van der Waals surface area contributed by atoms with Crippen molar-refractivity contribution in [1.29, 1.82) is 0 Å². The predicted octanol–water partition coefficient (Wildman–Crippen LogP) is 4.89. The number of hydrogen-bond acceptors (Lipinski definition) is 5. The van der Waals surface area contributed by atoms with E-state index in [4.69, 9.17) is 11.6 Å². The zero-order valence-electron chi connectivity index (χ0n) is 18.1. The van der Waals surface area contributed by atoms with E-state index >= 15 is 0 Å². The smallest absolute Gasteiger partial charge is 0.313 e. The van der Waals surface area contributed by atoms with Crippen molar-refractivity contribution in [2.24, 2.45) is 0 Å². The summed E-state index contributed by atoms with van der Waals surface area (Å²) in [5, 5.41) is 2.33. The van der Waals surface area contributed by atoms with Gasteiger partial charge in [0.25, 0.3) is 5.91 Å². The number of carbonyl (C=O) groups is 1. The Labute approximate surface area is 198 Å². The molecule has 4 rings (SSSR count). The van der Waals surface area contributed by atoms with E-state index in [1.165, 1.54) is 18.3 Å². The maximum absolute atomic E-state index is 13.4. The van der Waals surface area contributed by atoms with Crippen LogP contribution in [0, 0.1) is 5.82 Å². The van der Waals surface area contributed by atoms with Crippen LogP contribution >= 0.6 is 11.6 Å². The highest BCUT2D eigenvalue weighted by atomic mass is 35.5. The van der Waals surface area contributed by atoms with Crippen LogP contribution in [0.2, 0.25) is 5.02 Å². The summed E-state index contributed by atoms with van der Waals surface area (Å²) in [6.07, 6.45) is 7.60. The van der Waals surface area contributed by atoms with Crippen molar-refractivity contribution in [3.8, 4) is 0 Å². The van der Waals surface area contributed by atoms with Gasteiger partial charge in [0, 0.05) is 25.3 Å². The summed E-state index contributed by atoms with van der Waals surface area (Å²) in [5.74, 6) is -0.331. The fourth-order valence-corrected chi connectivity index (χ4v) is 5.74. The fourth-order valence-electron chi connectivity index (χ4n) is 4.72. The van der Waals surface area contributed by atoms with E-state index in [-0.39, 0.29) is 40.0 Å². The van der Waals surface area contributed by atoms with Gasteiger partial charge in [-0.2, -0.15) is 8.42 Å². The Bertz CT molecular complexity index is 1110. The number of piperidine rings is 1. The number of likely N-dealkylation sites (tertiary alicyclic amines) is 1. The zero-order chi connectivity index (χ0) is 23.6. The molecule has 0 bridgehead atoms. The maximum atomic E-state index is 13.4. The number of amides is 1. The highest BCUT2D eigenvalue weighted by molar-refractivity contribution is 7.85. The number of rotatable bonds is 5. The molecule has 0 atom stereocenters. The lowest BCUT2D eigenvalue weighted by Gasteiger charge is -2.33. The molecule has 2 fully saturated rings. The standard InChI is InChI=1S/C23H27ClFN3O4S/c24-20-21(27-18-4-2-1-3-5-18)19(14-26-22(20)33(30,31)32)23(29)28-12-10-16(11-13-28)15-6-8-17(25)9-7-15/h6-9,14,16,18H,1-5,10-13H2,(H,26,27)(H,30,31,32). The minimum Gasteiger partial charge on any atom is -0.380 e. The molecule has 1 aliphatic carbocycles. The highest BCUT2D eigenvalue weighted by Gasteiger charge is 2.30. The minimum atomic E-state index is -4.64. The van der Waals surface area contributed by atoms with Gasteiger partial charge in [-0.15, -0.1) is 0 Å². The molecule has 2 aliphatic rings. The van der Waals surface area contributed by atoms with Crippen LogP contribution in [0.1, 0.15) is 66.8 Å². The van der Waals surface area contributed by atoms with Crippen LogP contribution in [0.5, 0.6) is 0 Å². The Hall–Kier alpha value is -2.23. The van der Waals surface area contributed by atoms with Gasteiger partial charge in [-0.05, 0) is 49.3 Å². The summed E-state index contributed by atoms with van der Waals surface area (Å²) < 4.78 is 46.2. The summed E-state index contributed by atoms with van der Waals surface area (Å²) in [5.41, 5.74) is 1.44. The third-order valence-corrected chi connectivity index (χ3v) is 7.82. The van der Waals surface area contributed by atoms with Crippen molar-refractivity contribution >= 4 is 33.3 Å². The largest absolute Gasteiger partial charge is 0.380 e.